The fraction of sp³-hybridized carbons (Fsp3) is 0.154. The Bertz CT molecular complexity index is 774. The number of fused-ring (bicyclic) bond motifs is 1. The van der Waals surface area contributed by atoms with Crippen molar-refractivity contribution in [3.05, 3.63) is 47.7 Å². The second-order valence-electron chi connectivity index (χ2n) is 4.16. The zero-order chi connectivity index (χ0) is 14.0. The predicted molar refractivity (Wildman–Crippen MR) is 77.2 cm³/mol. The molecular weight excluding hydrogens is 296 g/mol. The number of para-hydroxylation sites is 2. The van der Waals surface area contributed by atoms with Crippen LogP contribution in [0.4, 0.5) is 0 Å². The van der Waals surface area contributed by atoms with Gasteiger partial charge in [0, 0.05) is 13.0 Å². The lowest BCUT2D eigenvalue weighted by atomic mass is 10.3. The summed E-state index contributed by atoms with van der Waals surface area (Å²) >= 11 is 1.19. The first kappa shape index (κ1) is 13.3. The Hall–Kier alpha value is -1.70. The minimum absolute atomic E-state index is 0.257. The highest BCUT2D eigenvalue weighted by molar-refractivity contribution is 7.91. The van der Waals surface area contributed by atoms with Crippen LogP contribution in [0.1, 0.15) is 5.89 Å². The summed E-state index contributed by atoms with van der Waals surface area (Å²) in [5.74, 6) is 0.528. The van der Waals surface area contributed by atoms with E-state index in [0.717, 1.165) is 5.52 Å². The minimum Gasteiger partial charge on any atom is -0.441 e. The third kappa shape index (κ3) is 2.74. The lowest BCUT2D eigenvalue weighted by molar-refractivity contribution is 0.523. The Morgan fingerprint density at radius 3 is 2.80 bits per heavy atom. The molecule has 0 aliphatic rings. The van der Waals surface area contributed by atoms with E-state index in [2.05, 4.69) is 9.71 Å². The van der Waals surface area contributed by atoms with Crippen LogP contribution in [-0.4, -0.2) is 19.9 Å². The Balaban J connectivity index is 1.65. The average Bonchev–Trinajstić information content (AvgIpc) is 3.07. The topological polar surface area (TPSA) is 72.2 Å². The summed E-state index contributed by atoms with van der Waals surface area (Å²) in [6.45, 7) is 0.257. The molecule has 0 radical (unpaired) electrons. The van der Waals surface area contributed by atoms with Gasteiger partial charge in [-0.05, 0) is 23.6 Å². The van der Waals surface area contributed by atoms with E-state index in [9.17, 15) is 8.42 Å². The number of rotatable bonds is 5. The van der Waals surface area contributed by atoms with E-state index in [1.54, 1.807) is 17.5 Å². The number of hydrogen-bond donors (Lipinski definition) is 1. The van der Waals surface area contributed by atoms with Crippen LogP contribution in [0.15, 0.2) is 50.4 Å². The summed E-state index contributed by atoms with van der Waals surface area (Å²) in [6.07, 6.45) is 0.416. The van der Waals surface area contributed by atoms with Crippen LogP contribution >= 0.6 is 11.3 Å². The van der Waals surface area contributed by atoms with E-state index in [1.165, 1.54) is 11.3 Å². The highest BCUT2D eigenvalue weighted by Crippen LogP contribution is 2.16. The van der Waals surface area contributed by atoms with Crippen molar-refractivity contribution >= 4 is 32.5 Å². The van der Waals surface area contributed by atoms with Gasteiger partial charge in [0.15, 0.2) is 11.5 Å². The van der Waals surface area contributed by atoms with Gasteiger partial charge in [-0.3, -0.25) is 0 Å². The smallest absolute Gasteiger partial charge is 0.250 e. The van der Waals surface area contributed by atoms with Crippen LogP contribution in [-0.2, 0) is 16.4 Å². The molecule has 0 fully saturated rings. The number of oxazole rings is 1. The van der Waals surface area contributed by atoms with Crippen molar-refractivity contribution in [2.24, 2.45) is 0 Å². The fourth-order valence-corrected chi connectivity index (χ4v) is 3.88. The largest absolute Gasteiger partial charge is 0.441 e. The van der Waals surface area contributed by atoms with Crippen molar-refractivity contribution in [1.29, 1.82) is 0 Å². The Morgan fingerprint density at radius 2 is 2.05 bits per heavy atom. The quantitative estimate of drug-likeness (QED) is 0.785. The highest BCUT2D eigenvalue weighted by Gasteiger charge is 2.14. The maximum Gasteiger partial charge on any atom is 0.250 e. The van der Waals surface area contributed by atoms with Crippen LogP contribution < -0.4 is 4.72 Å². The molecule has 0 unspecified atom stereocenters. The van der Waals surface area contributed by atoms with Crippen molar-refractivity contribution in [2.45, 2.75) is 10.6 Å². The van der Waals surface area contributed by atoms with E-state index in [-0.39, 0.29) is 6.54 Å². The summed E-state index contributed by atoms with van der Waals surface area (Å²) in [4.78, 5) is 4.30. The molecular formula is C13H12N2O3S2. The van der Waals surface area contributed by atoms with E-state index < -0.39 is 10.0 Å². The van der Waals surface area contributed by atoms with Gasteiger partial charge in [0.1, 0.15) is 9.73 Å². The van der Waals surface area contributed by atoms with Crippen molar-refractivity contribution in [3.63, 3.8) is 0 Å². The van der Waals surface area contributed by atoms with E-state index >= 15 is 0 Å². The van der Waals surface area contributed by atoms with Crippen molar-refractivity contribution < 1.29 is 12.8 Å². The molecule has 2 heterocycles. The van der Waals surface area contributed by atoms with Gasteiger partial charge in [-0.25, -0.2) is 18.1 Å². The van der Waals surface area contributed by atoms with E-state index in [0.29, 0.717) is 22.1 Å². The van der Waals surface area contributed by atoms with Crippen LogP contribution in [0.5, 0.6) is 0 Å². The van der Waals surface area contributed by atoms with Gasteiger partial charge in [0.2, 0.25) is 10.0 Å². The minimum atomic E-state index is -3.42. The van der Waals surface area contributed by atoms with Gasteiger partial charge < -0.3 is 4.42 Å². The van der Waals surface area contributed by atoms with Gasteiger partial charge >= 0.3 is 0 Å². The summed E-state index contributed by atoms with van der Waals surface area (Å²) in [5, 5.41) is 1.73. The van der Waals surface area contributed by atoms with E-state index in [4.69, 9.17) is 4.42 Å². The second kappa shape index (κ2) is 5.35. The summed E-state index contributed by atoms with van der Waals surface area (Å²) in [7, 11) is -3.42. The number of sulfonamides is 1. The first-order chi connectivity index (χ1) is 9.65. The monoisotopic (exact) mass is 308 g/mol. The molecule has 0 bridgehead atoms. The molecule has 0 aliphatic heterocycles. The van der Waals surface area contributed by atoms with Crippen molar-refractivity contribution in [1.82, 2.24) is 9.71 Å². The maximum absolute atomic E-state index is 11.9. The number of hydrogen-bond acceptors (Lipinski definition) is 5. The molecule has 1 N–H and O–H groups in total. The van der Waals surface area contributed by atoms with Gasteiger partial charge in [0.05, 0.1) is 0 Å². The summed E-state index contributed by atoms with van der Waals surface area (Å²) < 4.78 is 32.2. The average molecular weight is 308 g/mol. The Kier molecular flexibility index (Phi) is 3.56. The van der Waals surface area contributed by atoms with Crippen LogP contribution in [0.25, 0.3) is 11.1 Å². The van der Waals surface area contributed by atoms with Crippen LogP contribution in [0.2, 0.25) is 0 Å². The fourth-order valence-electron chi connectivity index (χ4n) is 1.81. The molecule has 2 aromatic heterocycles. The summed E-state index contributed by atoms with van der Waals surface area (Å²) in [6, 6.07) is 10.7. The third-order valence-corrected chi connectivity index (χ3v) is 5.59. The molecule has 0 aliphatic carbocycles. The number of nitrogens with zero attached hydrogens (tertiary/aromatic N) is 1. The first-order valence-corrected chi connectivity index (χ1v) is 8.39. The van der Waals surface area contributed by atoms with E-state index in [1.807, 2.05) is 24.3 Å². The molecule has 0 spiro atoms. The molecule has 0 amide bonds. The normalized spacial score (nSPS) is 12.0. The molecule has 5 nitrogen and oxygen atoms in total. The zero-order valence-corrected chi connectivity index (χ0v) is 12.1. The van der Waals surface area contributed by atoms with Crippen LogP contribution in [0.3, 0.4) is 0 Å². The molecule has 104 valence electrons. The molecule has 3 aromatic rings. The molecule has 3 rings (SSSR count). The van der Waals surface area contributed by atoms with Gasteiger partial charge in [-0.15, -0.1) is 11.3 Å². The molecule has 1 aromatic carbocycles. The molecule has 0 atom stereocenters. The highest BCUT2D eigenvalue weighted by atomic mass is 32.2. The van der Waals surface area contributed by atoms with Crippen molar-refractivity contribution in [3.8, 4) is 0 Å². The van der Waals surface area contributed by atoms with Crippen molar-refractivity contribution in [2.75, 3.05) is 6.54 Å². The Morgan fingerprint density at radius 1 is 1.20 bits per heavy atom. The summed E-state index contributed by atoms with van der Waals surface area (Å²) in [5.41, 5.74) is 1.49. The maximum atomic E-state index is 11.9. The second-order valence-corrected chi connectivity index (χ2v) is 7.10. The first-order valence-electron chi connectivity index (χ1n) is 6.03. The van der Waals surface area contributed by atoms with Gasteiger partial charge in [-0.1, -0.05) is 18.2 Å². The third-order valence-electron chi connectivity index (χ3n) is 2.73. The molecule has 0 saturated carbocycles. The molecule has 0 saturated heterocycles. The lowest BCUT2D eigenvalue weighted by Crippen LogP contribution is -2.25. The number of benzene rings is 1. The standard InChI is InChI=1S/C13H12N2O3S2/c16-20(17,13-6-3-9-19-13)14-8-7-12-15-10-4-1-2-5-11(10)18-12/h1-6,9,14H,7-8H2. The predicted octanol–water partition coefficient (Wildman–Crippen LogP) is 2.41. The number of nitrogens with one attached hydrogen (secondary N) is 1. The molecule has 7 heteroatoms. The number of aromatic nitrogens is 1. The van der Waals surface area contributed by atoms with Gasteiger partial charge in [-0.2, -0.15) is 0 Å². The number of thiophene rings is 1. The Labute approximate surface area is 120 Å². The van der Waals surface area contributed by atoms with Gasteiger partial charge in [0.25, 0.3) is 0 Å². The zero-order valence-electron chi connectivity index (χ0n) is 10.4. The SMILES string of the molecule is O=S(=O)(NCCc1nc2ccccc2o1)c1cccs1. The molecule has 20 heavy (non-hydrogen) atoms. The lowest BCUT2D eigenvalue weighted by Gasteiger charge is -2.02. The van der Waals surface area contributed by atoms with Crippen LogP contribution in [0, 0.1) is 0 Å².